The Bertz CT molecular complexity index is 778. The minimum atomic E-state index is -0.599. The molecular weight excluding hydrogens is 323 g/mol. The number of nitrogens with one attached hydrogen (secondary N) is 1. The molecule has 0 fully saturated rings. The molecule has 0 radical (unpaired) electrons. The zero-order valence-electron chi connectivity index (χ0n) is 11.8. The van der Waals surface area contributed by atoms with E-state index in [0.717, 1.165) is 0 Å². The molecule has 23 heavy (non-hydrogen) atoms. The molecule has 0 aromatic heterocycles. The smallest absolute Gasteiger partial charge is 0.288 e. The fourth-order valence-electron chi connectivity index (χ4n) is 1.83. The van der Waals surface area contributed by atoms with Crippen molar-refractivity contribution in [2.75, 3.05) is 0 Å². The van der Waals surface area contributed by atoms with E-state index in [1.165, 1.54) is 30.4 Å². The molecule has 0 heterocycles. The number of nitro benzene ring substituents is 1. The number of halogens is 2. The van der Waals surface area contributed by atoms with E-state index in [2.05, 4.69) is 5.32 Å². The van der Waals surface area contributed by atoms with Crippen molar-refractivity contribution >= 4 is 29.3 Å². The average molecular weight is 335 g/mol. The summed E-state index contributed by atoms with van der Waals surface area (Å²) in [5.41, 5.74) is 0.596. The molecule has 2 aromatic rings. The highest BCUT2D eigenvalue weighted by Crippen LogP contribution is 2.25. The van der Waals surface area contributed by atoms with Crippen molar-refractivity contribution in [1.29, 1.82) is 0 Å². The monoisotopic (exact) mass is 334 g/mol. The van der Waals surface area contributed by atoms with Crippen molar-refractivity contribution in [2.24, 2.45) is 0 Å². The fourth-order valence-corrected chi connectivity index (χ4v) is 2.01. The number of rotatable bonds is 5. The molecule has 0 aliphatic carbocycles. The summed E-state index contributed by atoms with van der Waals surface area (Å²) < 4.78 is 13.4. The van der Waals surface area contributed by atoms with E-state index in [1.807, 2.05) is 0 Å². The lowest BCUT2D eigenvalue weighted by Crippen LogP contribution is -2.20. The largest absolute Gasteiger partial charge is 0.348 e. The van der Waals surface area contributed by atoms with Crippen LogP contribution in [0.4, 0.5) is 10.1 Å². The lowest BCUT2D eigenvalue weighted by atomic mass is 10.2. The number of nitro groups is 1. The second-order valence-corrected chi connectivity index (χ2v) is 5.02. The standard InChI is InChI=1S/C16H12ClFN2O3/c17-13-7-5-11(9-15(13)20(22)23)6-8-16(21)19-10-12-3-1-2-4-14(12)18/h1-9H,10H2,(H,19,21)/b8-6+. The first-order chi connectivity index (χ1) is 11.0. The lowest BCUT2D eigenvalue weighted by Gasteiger charge is -2.03. The van der Waals surface area contributed by atoms with Gasteiger partial charge in [0.2, 0.25) is 5.91 Å². The Morgan fingerprint density at radius 3 is 2.74 bits per heavy atom. The van der Waals surface area contributed by atoms with Gasteiger partial charge in [0.05, 0.1) is 4.92 Å². The van der Waals surface area contributed by atoms with Gasteiger partial charge in [-0.1, -0.05) is 35.9 Å². The summed E-state index contributed by atoms with van der Waals surface area (Å²) in [7, 11) is 0. The molecule has 1 amide bonds. The maximum absolute atomic E-state index is 13.4. The summed E-state index contributed by atoms with van der Waals surface area (Å²) in [5, 5.41) is 13.3. The highest BCUT2D eigenvalue weighted by molar-refractivity contribution is 6.32. The van der Waals surface area contributed by atoms with Gasteiger partial charge in [0.15, 0.2) is 0 Å². The molecule has 7 heteroatoms. The first kappa shape index (κ1) is 16.6. The summed E-state index contributed by atoms with van der Waals surface area (Å²) in [4.78, 5) is 21.9. The van der Waals surface area contributed by atoms with Gasteiger partial charge in [0.1, 0.15) is 10.8 Å². The molecule has 0 unspecified atom stereocenters. The number of benzene rings is 2. The Morgan fingerprint density at radius 2 is 2.04 bits per heavy atom. The summed E-state index contributed by atoms with van der Waals surface area (Å²) >= 11 is 5.71. The van der Waals surface area contributed by atoms with Crippen LogP contribution < -0.4 is 5.32 Å². The predicted octanol–water partition coefficient (Wildman–Crippen LogP) is 3.72. The molecule has 0 bridgehead atoms. The van der Waals surface area contributed by atoms with Gasteiger partial charge in [0, 0.05) is 24.3 Å². The van der Waals surface area contributed by atoms with Crippen LogP contribution in [0.1, 0.15) is 11.1 Å². The Hall–Kier alpha value is -2.73. The van der Waals surface area contributed by atoms with Crippen molar-refractivity contribution in [1.82, 2.24) is 5.32 Å². The van der Waals surface area contributed by atoms with Gasteiger partial charge < -0.3 is 5.32 Å². The molecule has 2 rings (SSSR count). The van der Waals surface area contributed by atoms with Crippen LogP contribution in [0.2, 0.25) is 5.02 Å². The third-order valence-corrected chi connectivity index (χ3v) is 3.32. The Balaban J connectivity index is 2.00. The molecular formula is C16H12ClFN2O3. The zero-order chi connectivity index (χ0) is 16.8. The topological polar surface area (TPSA) is 72.2 Å². The molecule has 0 saturated heterocycles. The van der Waals surface area contributed by atoms with Crippen molar-refractivity contribution in [3.8, 4) is 0 Å². The van der Waals surface area contributed by atoms with E-state index in [9.17, 15) is 19.3 Å². The number of hydrogen-bond donors (Lipinski definition) is 1. The van der Waals surface area contributed by atoms with Gasteiger partial charge in [-0.15, -0.1) is 0 Å². The van der Waals surface area contributed by atoms with E-state index >= 15 is 0 Å². The van der Waals surface area contributed by atoms with E-state index in [0.29, 0.717) is 11.1 Å². The Labute approximate surface area is 136 Å². The number of carbonyl (C=O) groups excluding carboxylic acids is 1. The highest BCUT2D eigenvalue weighted by Gasteiger charge is 2.11. The van der Waals surface area contributed by atoms with Crippen LogP contribution in [0.3, 0.4) is 0 Å². The molecule has 5 nitrogen and oxygen atoms in total. The second-order valence-electron chi connectivity index (χ2n) is 4.61. The van der Waals surface area contributed by atoms with Gasteiger partial charge in [-0.25, -0.2) is 4.39 Å². The van der Waals surface area contributed by atoms with Crippen molar-refractivity contribution in [2.45, 2.75) is 6.54 Å². The van der Waals surface area contributed by atoms with E-state index in [-0.39, 0.29) is 17.3 Å². The molecule has 0 aliphatic rings. The molecule has 2 aromatic carbocycles. The number of hydrogen-bond acceptors (Lipinski definition) is 3. The first-order valence-corrected chi connectivity index (χ1v) is 6.98. The molecule has 1 N–H and O–H groups in total. The van der Waals surface area contributed by atoms with Gasteiger partial charge in [0.25, 0.3) is 5.69 Å². The maximum atomic E-state index is 13.4. The highest BCUT2D eigenvalue weighted by atomic mass is 35.5. The predicted molar refractivity (Wildman–Crippen MR) is 85.4 cm³/mol. The van der Waals surface area contributed by atoms with E-state index in [1.54, 1.807) is 24.3 Å². The minimum Gasteiger partial charge on any atom is -0.348 e. The van der Waals surface area contributed by atoms with Crippen LogP contribution in [-0.2, 0) is 11.3 Å². The molecule has 118 valence electrons. The van der Waals surface area contributed by atoms with Crippen LogP contribution in [0.25, 0.3) is 6.08 Å². The summed E-state index contributed by atoms with van der Waals surface area (Å²) in [6, 6.07) is 10.3. The average Bonchev–Trinajstić information content (AvgIpc) is 2.53. The van der Waals surface area contributed by atoms with E-state index in [4.69, 9.17) is 11.6 Å². The van der Waals surface area contributed by atoms with Crippen LogP contribution >= 0.6 is 11.6 Å². The maximum Gasteiger partial charge on any atom is 0.288 e. The summed E-state index contributed by atoms with van der Waals surface area (Å²) in [6.45, 7) is 0.0522. The van der Waals surface area contributed by atoms with Crippen molar-refractivity contribution < 1.29 is 14.1 Å². The number of carbonyl (C=O) groups is 1. The zero-order valence-corrected chi connectivity index (χ0v) is 12.6. The SMILES string of the molecule is O=C(/C=C/c1ccc(Cl)c([N+](=O)[O-])c1)NCc1ccccc1F. The normalized spacial score (nSPS) is 10.7. The second kappa shape index (κ2) is 7.51. The Morgan fingerprint density at radius 1 is 1.30 bits per heavy atom. The van der Waals surface area contributed by atoms with E-state index < -0.39 is 16.6 Å². The van der Waals surface area contributed by atoms with Gasteiger partial charge in [-0.3, -0.25) is 14.9 Å². The molecule has 0 saturated carbocycles. The van der Waals surface area contributed by atoms with Crippen molar-refractivity contribution in [3.63, 3.8) is 0 Å². The van der Waals surface area contributed by atoms with Crippen LogP contribution in [-0.4, -0.2) is 10.8 Å². The van der Waals surface area contributed by atoms with Gasteiger partial charge >= 0.3 is 0 Å². The molecule has 0 spiro atoms. The minimum absolute atomic E-state index is 0.0242. The molecule has 0 aliphatic heterocycles. The quantitative estimate of drug-likeness (QED) is 0.514. The van der Waals surface area contributed by atoms with Gasteiger partial charge in [-0.05, 0) is 23.8 Å². The third-order valence-electron chi connectivity index (χ3n) is 3.00. The Kier molecular flexibility index (Phi) is 5.43. The van der Waals surface area contributed by atoms with Crippen LogP contribution in [0, 0.1) is 15.9 Å². The third kappa shape index (κ3) is 4.62. The number of nitrogens with zero attached hydrogens (tertiary/aromatic N) is 1. The summed E-state index contributed by atoms with van der Waals surface area (Å²) in [6.07, 6.45) is 2.63. The van der Waals surface area contributed by atoms with Crippen LogP contribution in [0.15, 0.2) is 48.5 Å². The van der Waals surface area contributed by atoms with Gasteiger partial charge in [-0.2, -0.15) is 0 Å². The number of amides is 1. The first-order valence-electron chi connectivity index (χ1n) is 6.60. The van der Waals surface area contributed by atoms with Crippen molar-refractivity contribution in [3.05, 3.63) is 80.6 Å². The van der Waals surface area contributed by atoms with Crippen LogP contribution in [0.5, 0.6) is 0 Å². The summed E-state index contributed by atoms with van der Waals surface area (Å²) in [5.74, 6) is -0.837. The lowest BCUT2D eigenvalue weighted by molar-refractivity contribution is -0.384. The molecule has 0 atom stereocenters. The fraction of sp³-hybridized carbons (Fsp3) is 0.0625.